The molecule has 0 aliphatic heterocycles. The maximum Gasteiger partial charge on any atom is 0.269 e. The number of hydrogen-bond acceptors (Lipinski definition) is 3. The summed E-state index contributed by atoms with van der Waals surface area (Å²) in [6.45, 7) is 0.552. The molecule has 0 aromatic heterocycles. The number of nitrogens with two attached hydrogens (primary N) is 1. The largest absolute Gasteiger partial charge is 0.330 e. The van der Waals surface area contributed by atoms with Crippen LogP contribution in [0.25, 0.3) is 0 Å². The Morgan fingerprint density at radius 3 is 2.73 bits per heavy atom. The van der Waals surface area contributed by atoms with E-state index < -0.39 is 10.7 Å². The molecule has 5 heteroatoms. The number of unbranched alkanes of at least 4 members (excludes halogenated alkanes) is 1. The summed E-state index contributed by atoms with van der Waals surface area (Å²) in [5.74, 6) is -0.391. The number of non-ortho nitro benzene ring substituents is 1. The van der Waals surface area contributed by atoms with Crippen LogP contribution in [0.5, 0.6) is 0 Å². The van der Waals surface area contributed by atoms with Gasteiger partial charge in [-0.1, -0.05) is 0 Å². The van der Waals surface area contributed by atoms with E-state index in [2.05, 4.69) is 0 Å². The van der Waals surface area contributed by atoms with Gasteiger partial charge in [0.15, 0.2) is 0 Å². The van der Waals surface area contributed by atoms with Crippen molar-refractivity contribution in [2.24, 2.45) is 5.73 Å². The zero-order chi connectivity index (χ0) is 11.3. The number of nitro groups is 1. The molecule has 2 N–H and O–H groups in total. The lowest BCUT2D eigenvalue weighted by Crippen LogP contribution is -2.00. The minimum absolute atomic E-state index is 0.0702. The van der Waals surface area contributed by atoms with Gasteiger partial charge >= 0.3 is 0 Å². The van der Waals surface area contributed by atoms with Crippen LogP contribution in [-0.4, -0.2) is 11.5 Å². The van der Waals surface area contributed by atoms with E-state index in [1.807, 2.05) is 0 Å². The number of benzene rings is 1. The minimum atomic E-state index is -0.522. The third kappa shape index (κ3) is 3.28. The lowest BCUT2D eigenvalue weighted by atomic mass is 10.1. The van der Waals surface area contributed by atoms with Gasteiger partial charge in [-0.15, -0.1) is 0 Å². The highest BCUT2D eigenvalue weighted by Gasteiger charge is 2.09. The fourth-order valence-corrected chi connectivity index (χ4v) is 1.33. The molecule has 1 rings (SSSR count). The van der Waals surface area contributed by atoms with Gasteiger partial charge in [0, 0.05) is 12.1 Å². The summed E-state index contributed by atoms with van der Waals surface area (Å²) >= 11 is 0. The van der Waals surface area contributed by atoms with Gasteiger partial charge in [0.2, 0.25) is 0 Å². The van der Waals surface area contributed by atoms with Gasteiger partial charge in [-0.25, -0.2) is 4.39 Å². The first-order chi connectivity index (χ1) is 7.15. The van der Waals surface area contributed by atoms with E-state index in [4.69, 9.17) is 5.73 Å². The molecule has 1 aromatic rings. The van der Waals surface area contributed by atoms with Crippen molar-refractivity contribution >= 4 is 5.69 Å². The smallest absolute Gasteiger partial charge is 0.269 e. The minimum Gasteiger partial charge on any atom is -0.330 e. The number of rotatable bonds is 5. The number of nitro benzene ring substituents is 1. The van der Waals surface area contributed by atoms with Crippen molar-refractivity contribution in [3.8, 4) is 0 Å². The Morgan fingerprint density at radius 1 is 1.40 bits per heavy atom. The second-order valence-electron chi connectivity index (χ2n) is 3.28. The highest BCUT2D eigenvalue weighted by Crippen LogP contribution is 2.18. The van der Waals surface area contributed by atoms with Crippen molar-refractivity contribution in [1.82, 2.24) is 0 Å². The molecule has 0 amide bonds. The van der Waals surface area contributed by atoms with Crippen LogP contribution in [0.15, 0.2) is 18.2 Å². The van der Waals surface area contributed by atoms with Crippen LogP contribution >= 0.6 is 0 Å². The highest BCUT2D eigenvalue weighted by atomic mass is 19.1. The number of aryl methyl sites for hydroxylation is 1. The molecule has 0 aliphatic rings. The third-order valence-electron chi connectivity index (χ3n) is 2.14. The average Bonchev–Trinajstić information content (AvgIpc) is 2.20. The molecule has 0 radical (unpaired) electrons. The Balaban J connectivity index is 2.76. The molecule has 1 aromatic carbocycles. The lowest BCUT2D eigenvalue weighted by Gasteiger charge is -2.02. The molecule has 0 spiro atoms. The fraction of sp³-hybridized carbons (Fsp3) is 0.400. The molecule has 0 fully saturated rings. The second-order valence-corrected chi connectivity index (χ2v) is 3.28. The van der Waals surface area contributed by atoms with E-state index in [0.29, 0.717) is 18.5 Å². The van der Waals surface area contributed by atoms with Crippen molar-refractivity contribution in [2.75, 3.05) is 6.54 Å². The van der Waals surface area contributed by atoms with Crippen molar-refractivity contribution < 1.29 is 9.31 Å². The molecule has 0 unspecified atom stereocenters. The molecule has 0 saturated carbocycles. The van der Waals surface area contributed by atoms with Crippen LogP contribution in [0.2, 0.25) is 0 Å². The van der Waals surface area contributed by atoms with Gasteiger partial charge in [0.05, 0.1) is 4.92 Å². The van der Waals surface area contributed by atoms with E-state index in [-0.39, 0.29) is 5.69 Å². The van der Waals surface area contributed by atoms with Gasteiger partial charge in [-0.3, -0.25) is 10.1 Å². The topological polar surface area (TPSA) is 69.2 Å². The summed E-state index contributed by atoms with van der Waals surface area (Å²) in [5, 5.41) is 10.5. The molecule has 4 nitrogen and oxygen atoms in total. The maximum atomic E-state index is 13.2. The molecule has 0 atom stereocenters. The Kier molecular flexibility index (Phi) is 4.17. The van der Waals surface area contributed by atoms with Gasteiger partial charge < -0.3 is 5.73 Å². The quantitative estimate of drug-likeness (QED) is 0.461. The first kappa shape index (κ1) is 11.6. The molecule has 0 heterocycles. The van der Waals surface area contributed by atoms with Gasteiger partial charge in [-0.2, -0.15) is 0 Å². The van der Waals surface area contributed by atoms with Crippen LogP contribution < -0.4 is 5.73 Å². The molecule has 0 aliphatic carbocycles. The van der Waals surface area contributed by atoms with Crippen LogP contribution in [0.1, 0.15) is 18.4 Å². The standard InChI is InChI=1S/C10H13FN2O2/c11-10-5-4-9(13(14)15)7-8(10)3-1-2-6-12/h4-5,7H,1-3,6,12H2. The van der Waals surface area contributed by atoms with Crippen LogP contribution in [0.3, 0.4) is 0 Å². The van der Waals surface area contributed by atoms with Crippen molar-refractivity contribution in [3.63, 3.8) is 0 Å². The first-order valence-electron chi connectivity index (χ1n) is 4.78. The predicted molar refractivity (Wildman–Crippen MR) is 55.0 cm³/mol. The van der Waals surface area contributed by atoms with E-state index in [0.717, 1.165) is 18.9 Å². The summed E-state index contributed by atoms with van der Waals surface area (Å²) in [7, 11) is 0. The normalized spacial score (nSPS) is 10.3. The van der Waals surface area contributed by atoms with Gasteiger partial charge in [0.1, 0.15) is 5.82 Å². The summed E-state index contributed by atoms with van der Waals surface area (Å²) in [6.07, 6.45) is 2.03. The third-order valence-corrected chi connectivity index (χ3v) is 2.14. The molecule has 82 valence electrons. The Bertz CT molecular complexity index is 355. The van der Waals surface area contributed by atoms with Crippen molar-refractivity contribution in [3.05, 3.63) is 39.7 Å². The average molecular weight is 212 g/mol. The lowest BCUT2D eigenvalue weighted by molar-refractivity contribution is -0.385. The summed E-state index contributed by atoms with van der Waals surface area (Å²) in [6, 6.07) is 3.59. The van der Waals surface area contributed by atoms with E-state index >= 15 is 0 Å². The fourth-order valence-electron chi connectivity index (χ4n) is 1.33. The summed E-state index contributed by atoms with van der Waals surface area (Å²) in [5.41, 5.74) is 5.62. The van der Waals surface area contributed by atoms with Crippen molar-refractivity contribution in [2.45, 2.75) is 19.3 Å². The van der Waals surface area contributed by atoms with E-state index in [1.54, 1.807) is 0 Å². The monoisotopic (exact) mass is 212 g/mol. The Labute approximate surface area is 87.0 Å². The summed E-state index contributed by atoms with van der Waals surface area (Å²) < 4.78 is 13.2. The van der Waals surface area contributed by atoms with E-state index in [1.165, 1.54) is 12.1 Å². The van der Waals surface area contributed by atoms with Crippen molar-refractivity contribution in [1.29, 1.82) is 0 Å². The van der Waals surface area contributed by atoms with Gasteiger partial charge in [-0.05, 0) is 37.4 Å². The zero-order valence-electron chi connectivity index (χ0n) is 8.28. The van der Waals surface area contributed by atoms with Crippen LogP contribution in [-0.2, 0) is 6.42 Å². The molecule has 15 heavy (non-hydrogen) atoms. The van der Waals surface area contributed by atoms with Crippen LogP contribution in [0, 0.1) is 15.9 Å². The Morgan fingerprint density at radius 2 is 2.13 bits per heavy atom. The maximum absolute atomic E-state index is 13.2. The first-order valence-corrected chi connectivity index (χ1v) is 4.78. The number of hydrogen-bond donors (Lipinski definition) is 1. The second kappa shape index (κ2) is 5.41. The van der Waals surface area contributed by atoms with Gasteiger partial charge in [0.25, 0.3) is 5.69 Å². The molecule has 0 saturated heterocycles. The molecule has 0 bridgehead atoms. The zero-order valence-corrected chi connectivity index (χ0v) is 8.28. The Hall–Kier alpha value is -1.49. The molecular weight excluding hydrogens is 199 g/mol. The summed E-state index contributed by atoms with van der Waals surface area (Å²) in [4.78, 5) is 9.94. The predicted octanol–water partition coefficient (Wildman–Crippen LogP) is 2.02. The number of halogens is 1. The number of nitrogens with zero attached hydrogens (tertiary/aromatic N) is 1. The van der Waals surface area contributed by atoms with Crippen LogP contribution in [0.4, 0.5) is 10.1 Å². The highest BCUT2D eigenvalue weighted by molar-refractivity contribution is 5.35. The SMILES string of the molecule is NCCCCc1cc([N+](=O)[O-])ccc1F. The molecular formula is C10H13FN2O2. The van der Waals surface area contributed by atoms with E-state index in [9.17, 15) is 14.5 Å².